The zero-order valence-electron chi connectivity index (χ0n) is 64.3. The van der Waals surface area contributed by atoms with Gasteiger partial charge in [-0.15, -0.1) is 0 Å². The second kappa shape index (κ2) is 75.5. The number of carbonyl (C=O) groups is 2. The highest BCUT2D eigenvalue weighted by Crippen LogP contribution is 2.24. The van der Waals surface area contributed by atoms with Gasteiger partial charge in [0, 0.05) is 12.8 Å². The number of allylic oxidation sites excluding steroid dienone is 9. The van der Waals surface area contributed by atoms with E-state index in [1.165, 1.54) is 321 Å². The first-order valence-corrected chi connectivity index (χ1v) is 42.6. The van der Waals surface area contributed by atoms with Gasteiger partial charge in [-0.1, -0.05) is 376 Å². The molecule has 1 fully saturated rings. The number of hydrogen-bond acceptors (Lipinski definition) is 10. The summed E-state index contributed by atoms with van der Waals surface area (Å²) in [5.41, 5.74) is 0. The minimum Gasteiger partial charge on any atom is -0.466 e. The molecule has 98 heavy (non-hydrogen) atoms. The van der Waals surface area contributed by atoms with Crippen molar-refractivity contribution in [3.05, 3.63) is 60.8 Å². The van der Waals surface area contributed by atoms with Gasteiger partial charge in [-0.2, -0.15) is 0 Å². The minimum atomic E-state index is -1.58. The molecule has 0 saturated carbocycles. The summed E-state index contributed by atoms with van der Waals surface area (Å²) >= 11 is 0. The summed E-state index contributed by atoms with van der Waals surface area (Å²) in [7, 11) is 0. The SMILES string of the molecule is CCCCCCC/C=C/CC/C=C/CC/C=C/C(O)C(COC1OC(CO)C(O)C(O)C1O)NC(=O)CCCCCCCCCCCCCCCCCCC/C=C\C/C=C\CCCCCCCCCCCCCCCCCOC(=O)CCCCCCCCCCCCCCCCCC. The molecule has 1 rings (SSSR count). The zero-order valence-corrected chi connectivity index (χ0v) is 64.3. The van der Waals surface area contributed by atoms with Gasteiger partial charge in [0.05, 0.1) is 32.0 Å². The van der Waals surface area contributed by atoms with Crippen molar-refractivity contribution in [2.24, 2.45) is 0 Å². The number of carbonyl (C=O) groups excluding carboxylic acids is 2. The lowest BCUT2D eigenvalue weighted by Gasteiger charge is -2.40. The Morgan fingerprint density at radius 3 is 1.07 bits per heavy atom. The molecule has 7 atom stereocenters. The first kappa shape index (κ1) is 93.4. The maximum absolute atomic E-state index is 13.1. The normalized spacial score (nSPS) is 17.5. The summed E-state index contributed by atoms with van der Waals surface area (Å²) in [5.74, 6) is -0.173. The molecular formula is C87H161NO10. The minimum absolute atomic E-state index is 0.0183. The zero-order chi connectivity index (χ0) is 70.8. The van der Waals surface area contributed by atoms with E-state index in [0.717, 1.165) is 70.6 Å². The van der Waals surface area contributed by atoms with Gasteiger partial charge in [-0.25, -0.2) is 0 Å². The van der Waals surface area contributed by atoms with Crippen LogP contribution in [0.3, 0.4) is 0 Å². The highest BCUT2D eigenvalue weighted by molar-refractivity contribution is 5.76. The summed E-state index contributed by atoms with van der Waals surface area (Å²) in [4.78, 5) is 25.2. The average Bonchev–Trinajstić information content (AvgIpc) is 0.823. The van der Waals surface area contributed by atoms with E-state index >= 15 is 0 Å². The molecule has 0 aromatic rings. The van der Waals surface area contributed by atoms with Crippen LogP contribution in [0.1, 0.15) is 418 Å². The van der Waals surface area contributed by atoms with E-state index in [-0.39, 0.29) is 18.5 Å². The summed E-state index contributed by atoms with van der Waals surface area (Å²) in [6.07, 6.45) is 92.7. The van der Waals surface area contributed by atoms with Crippen LogP contribution in [0.25, 0.3) is 0 Å². The lowest BCUT2D eigenvalue weighted by Crippen LogP contribution is -2.60. The number of hydrogen-bond donors (Lipinski definition) is 6. The predicted octanol–water partition coefficient (Wildman–Crippen LogP) is 23.6. The Labute approximate surface area is 605 Å². The van der Waals surface area contributed by atoms with Crippen LogP contribution >= 0.6 is 0 Å². The molecule has 11 nitrogen and oxygen atoms in total. The van der Waals surface area contributed by atoms with Crippen LogP contribution in [0.5, 0.6) is 0 Å². The van der Waals surface area contributed by atoms with Gasteiger partial charge in [0.25, 0.3) is 0 Å². The van der Waals surface area contributed by atoms with Gasteiger partial charge in [-0.05, 0) is 89.9 Å². The Hall–Kier alpha value is -2.64. The molecule has 1 heterocycles. The summed E-state index contributed by atoms with van der Waals surface area (Å²) in [6, 6.07) is -0.834. The van der Waals surface area contributed by atoms with E-state index in [2.05, 4.69) is 67.8 Å². The highest BCUT2D eigenvalue weighted by Gasteiger charge is 2.44. The molecule has 574 valence electrons. The maximum atomic E-state index is 13.1. The van der Waals surface area contributed by atoms with Crippen LogP contribution in [0.2, 0.25) is 0 Å². The fourth-order valence-corrected chi connectivity index (χ4v) is 13.4. The number of ether oxygens (including phenoxy) is 3. The summed E-state index contributed by atoms with van der Waals surface area (Å²) < 4.78 is 16.8. The Bertz CT molecular complexity index is 1820. The summed E-state index contributed by atoms with van der Waals surface area (Å²) in [6.45, 7) is 4.37. The molecule has 1 aliphatic rings. The van der Waals surface area contributed by atoms with E-state index in [4.69, 9.17) is 14.2 Å². The lowest BCUT2D eigenvalue weighted by molar-refractivity contribution is -0.302. The van der Waals surface area contributed by atoms with Crippen molar-refractivity contribution in [3.63, 3.8) is 0 Å². The lowest BCUT2D eigenvalue weighted by atomic mass is 9.99. The number of unbranched alkanes of at least 4 members (excludes halogenated alkanes) is 54. The van der Waals surface area contributed by atoms with Gasteiger partial charge < -0.3 is 45.1 Å². The first-order chi connectivity index (χ1) is 48.2. The van der Waals surface area contributed by atoms with Crippen molar-refractivity contribution in [3.8, 4) is 0 Å². The highest BCUT2D eigenvalue weighted by atomic mass is 16.7. The standard InChI is InChI=1S/C87H161NO10/c1-3-5-7-9-11-13-15-17-19-47-51-55-59-63-67-71-75-83(92)96-76-72-68-64-60-56-52-48-44-42-40-38-36-34-32-30-28-26-24-22-20-21-23-25-27-29-31-33-35-37-39-41-43-46-50-54-58-62-66-70-74-82(91)88-79(78-97-87-86(95)85(94)84(93)81(77-89)98-87)80(90)73-69-65-61-57-53-49-45-18-16-14-12-10-8-6-4-2/h16,18,20-21,24,26,53,57,69,73,79-81,84-87,89-90,93-95H,3-15,17,19,22-23,25,27-52,54-56,58-68,70-72,74-78H2,1-2H3,(H,88,91)/b18-16+,21-20-,26-24-,57-53+,73-69+. The van der Waals surface area contributed by atoms with Crippen LogP contribution in [-0.2, 0) is 23.8 Å². The van der Waals surface area contributed by atoms with Crippen molar-refractivity contribution in [1.29, 1.82) is 0 Å². The number of aliphatic hydroxyl groups is 5. The molecular weight excluding hydrogens is 1220 g/mol. The Kier molecular flexibility index (Phi) is 71.9. The summed E-state index contributed by atoms with van der Waals surface area (Å²) in [5, 5.41) is 54.6. The van der Waals surface area contributed by atoms with Gasteiger partial charge in [0.2, 0.25) is 5.91 Å². The van der Waals surface area contributed by atoms with Crippen molar-refractivity contribution >= 4 is 11.9 Å². The predicted molar refractivity (Wildman–Crippen MR) is 417 cm³/mol. The van der Waals surface area contributed by atoms with Crippen LogP contribution in [0.4, 0.5) is 0 Å². The van der Waals surface area contributed by atoms with Crippen LogP contribution in [0.15, 0.2) is 60.8 Å². The average molecular weight is 1380 g/mol. The molecule has 0 radical (unpaired) electrons. The largest absolute Gasteiger partial charge is 0.466 e. The Morgan fingerprint density at radius 2 is 0.694 bits per heavy atom. The van der Waals surface area contributed by atoms with Gasteiger partial charge in [0.15, 0.2) is 6.29 Å². The Morgan fingerprint density at radius 1 is 0.378 bits per heavy atom. The van der Waals surface area contributed by atoms with Crippen molar-refractivity contribution in [2.75, 3.05) is 19.8 Å². The third-order valence-electron chi connectivity index (χ3n) is 20.1. The van der Waals surface area contributed by atoms with Crippen molar-refractivity contribution in [2.45, 2.75) is 461 Å². The van der Waals surface area contributed by atoms with E-state index in [9.17, 15) is 35.1 Å². The van der Waals surface area contributed by atoms with Crippen molar-refractivity contribution in [1.82, 2.24) is 5.32 Å². The molecule has 11 heteroatoms. The van der Waals surface area contributed by atoms with E-state index in [1.807, 2.05) is 6.08 Å². The fourth-order valence-electron chi connectivity index (χ4n) is 13.4. The number of nitrogens with one attached hydrogen (secondary N) is 1. The van der Waals surface area contributed by atoms with Crippen molar-refractivity contribution < 1.29 is 49.3 Å². The molecule has 0 aromatic heterocycles. The third kappa shape index (κ3) is 63.1. The number of esters is 1. The molecule has 0 bridgehead atoms. The van der Waals surface area contributed by atoms with Gasteiger partial charge in [0.1, 0.15) is 24.4 Å². The molecule has 7 unspecified atom stereocenters. The maximum Gasteiger partial charge on any atom is 0.305 e. The molecule has 6 N–H and O–H groups in total. The van der Waals surface area contributed by atoms with Gasteiger partial charge >= 0.3 is 5.97 Å². The topological polar surface area (TPSA) is 175 Å². The number of amides is 1. The van der Waals surface area contributed by atoms with Gasteiger partial charge in [-0.3, -0.25) is 9.59 Å². The first-order valence-electron chi connectivity index (χ1n) is 42.6. The van der Waals surface area contributed by atoms with Crippen LogP contribution in [-0.4, -0.2) is 100 Å². The smallest absolute Gasteiger partial charge is 0.305 e. The molecule has 1 amide bonds. The van der Waals surface area contributed by atoms with Crippen LogP contribution < -0.4 is 5.32 Å². The fraction of sp³-hybridized carbons (Fsp3) is 0.862. The monoisotopic (exact) mass is 1380 g/mol. The second-order valence-corrected chi connectivity index (χ2v) is 29.5. The quantitative estimate of drug-likeness (QED) is 0.0195. The number of rotatable bonds is 76. The molecule has 1 saturated heterocycles. The number of aliphatic hydroxyl groups excluding tert-OH is 5. The molecule has 0 aliphatic carbocycles. The third-order valence-corrected chi connectivity index (χ3v) is 20.1. The van der Waals surface area contributed by atoms with Crippen LogP contribution in [0, 0.1) is 0 Å². The van der Waals surface area contributed by atoms with E-state index < -0.39 is 49.5 Å². The molecule has 0 spiro atoms. The van der Waals surface area contributed by atoms with E-state index in [0.29, 0.717) is 19.4 Å². The second-order valence-electron chi connectivity index (χ2n) is 29.5. The van der Waals surface area contributed by atoms with E-state index in [1.54, 1.807) is 6.08 Å². The molecule has 1 aliphatic heterocycles. The molecule has 0 aromatic carbocycles. The Balaban J connectivity index is 1.91.